The second-order valence-corrected chi connectivity index (χ2v) is 6.49. The predicted octanol–water partition coefficient (Wildman–Crippen LogP) is 1.02. The van der Waals surface area contributed by atoms with Crippen LogP contribution in [0.4, 0.5) is 0 Å². The van der Waals surface area contributed by atoms with E-state index < -0.39 is 0 Å². The SMILES string of the molecule is COCCN1C(=O)CCC12CCN(Cc1nccn1C)CC2. The van der Waals surface area contributed by atoms with Crippen molar-refractivity contribution in [1.82, 2.24) is 19.4 Å². The molecule has 1 aromatic rings. The molecule has 0 bridgehead atoms. The summed E-state index contributed by atoms with van der Waals surface area (Å²) in [6.07, 6.45) is 7.67. The van der Waals surface area contributed by atoms with Crippen LogP contribution in [0.5, 0.6) is 0 Å². The molecule has 1 spiro atoms. The maximum atomic E-state index is 12.2. The topological polar surface area (TPSA) is 50.6 Å². The fraction of sp³-hybridized carbons (Fsp3) is 0.750. The Labute approximate surface area is 132 Å². The van der Waals surface area contributed by atoms with Crippen molar-refractivity contribution in [3.8, 4) is 0 Å². The number of rotatable bonds is 5. The molecule has 3 rings (SSSR count). The maximum Gasteiger partial charge on any atom is 0.223 e. The molecular formula is C16H26N4O2. The molecule has 0 aliphatic carbocycles. The summed E-state index contributed by atoms with van der Waals surface area (Å²) in [6.45, 7) is 4.32. The summed E-state index contributed by atoms with van der Waals surface area (Å²) in [5.41, 5.74) is 0.0771. The van der Waals surface area contributed by atoms with Crippen molar-refractivity contribution < 1.29 is 9.53 Å². The largest absolute Gasteiger partial charge is 0.383 e. The number of likely N-dealkylation sites (tertiary alicyclic amines) is 2. The van der Waals surface area contributed by atoms with E-state index >= 15 is 0 Å². The van der Waals surface area contributed by atoms with E-state index in [1.54, 1.807) is 7.11 Å². The molecule has 1 amide bonds. The van der Waals surface area contributed by atoms with Crippen LogP contribution in [0.15, 0.2) is 12.4 Å². The van der Waals surface area contributed by atoms with Crippen molar-refractivity contribution in [3.05, 3.63) is 18.2 Å². The van der Waals surface area contributed by atoms with Crippen molar-refractivity contribution in [2.24, 2.45) is 7.05 Å². The highest BCUT2D eigenvalue weighted by atomic mass is 16.5. The first-order valence-electron chi connectivity index (χ1n) is 8.13. The van der Waals surface area contributed by atoms with Crippen molar-refractivity contribution in [2.75, 3.05) is 33.4 Å². The minimum atomic E-state index is 0.0771. The normalized spacial score (nSPS) is 21.9. The second-order valence-electron chi connectivity index (χ2n) is 6.49. The van der Waals surface area contributed by atoms with Gasteiger partial charge in [-0.05, 0) is 19.3 Å². The van der Waals surface area contributed by atoms with E-state index in [1.165, 1.54) is 0 Å². The number of aryl methyl sites for hydroxylation is 1. The predicted molar refractivity (Wildman–Crippen MR) is 83.3 cm³/mol. The number of carbonyl (C=O) groups is 1. The summed E-state index contributed by atoms with van der Waals surface area (Å²) >= 11 is 0. The molecule has 22 heavy (non-hydrogen) atoms. The number of methoxy groups -OCH3 is 1. The van der Waals surface area contributed by atoms with Crippen molar-refractivity contribution >= 4 is 5.91 Å². The van der Waals surface area contributed by atoms with Crippen LogP contribution < -0.4 is 0 Å². The zero-order valence-corrected chi connectivity index (χ0v) is 13.6. The Hall–Kier alpha value is -1.40. The van der Waals surface area contributed by atoms with E-state index in [1.807, 2.05) is 19.4 Å². The third-order valence-corrected chi connectivity index (χ3v) is 5.27. The average molecular weight is 306 g/mol. The molecule has 122 valence electrons. The minimum Gasteiger partial charge on any atom is -0.383 e. The minimum absolute atomic E-state index is 0.0771. The zero-order chi connectivity index (χ0) is 15.6. The molecule has 3 heterocycles. The van der Waals surface area contributed by atoms with Crippen LogP contribution >= 0.6 is 0 Å². The number of amides is 1. The smallest absolute Gasteiger partial charge is 0.223 e. The van der Waals surface area contributed by atoms with Crippen molar-refractivity contribution in [1.29, 1.82) is 0 Å². The molecule has 0 radical (unpaired) electrons. The highest BCUT2D eigenvalue weighted by Crippen LogP contribution is 2.39. The van der Waals surface area contributed by atoms with Crippen LogP contribution in [0.1, 0.15) is 31.5 Å². The summed E-state index contributed by atoms with van der Waals surface area (Å²) in [5.74, 6) is 1.41. The standard InChI is InChI=1S/C16H26N4O2/c1-18-10-7-17-14(18)13-19-8-5-16(6-9-19)4-3-15(21)20(16)11-12-22-2/h7,10H,3-6,8-9,11-13H2,1-2H3. The van der Waals surface area contributed by atoms with Gasteiger partial charge in [0.05, 0.1) is 13.2 Å². The van der Waals surface area contributed by atoms with Gasteiger partial charge in [0.15, 0.2) is 0 Å². The number of imidazole rings is 1. The molecule has 0 N–H and O–H groups in total. The second kappa shape index (κ2) is 6.38. The van der Waals surface area contributed by atoms with Gasteiger partial charge in [-0.25, -0.2) is 4.98 Å². The summed E-state index contributed by atoms with van der Waals surface area (Å²) in [7, 11) is 3.73. The van der Waals surface area contributed by atoms with E-state index in [4.69, 9.17) is 4.74 Å². The summed E-state index contributed by atoms with van der Waals surface area (Å²) in [5, 5.41) is 0. The quantitative estimate of drug-likeness (QED) is 0.815. The number of nitrogens with zero attached hydrogens (tertiary/aromatic N) is 4. The van der Waals surface area contributed by atoms with E-state index in [-0.39, 0.29) is 5.54 Å². The Bertz CT molecular complexity index is 520. The number of aromatic nitrogens is 2. The van der Waals surface area contributed by atoms with Gasteiger partial charge in [-0.3, -0.25) is 9.69 Å². The van der Waals surface area contributed by atoms with Gasteiger partial charge < -0.3 is 14.2 Å². The lowest BCUT2D eigenvalue weighted by atomic mass is 9.85. The van der Waals surface area contributed by atoms with Gasteiger partial charge in [-0.1, -0.05) is 0 Å². The molecule has 0 aromatic carbocycles. The molecule has 0 atom stereocenters. The number of carbonyl (C=O) groups excluding carboxylic acids is 1. The first-order chi connectivity index (χ1) is 10.6. The summed E-state index contributed by atoms with van der Waals surface area (Å²) in [6, 6.07) is 0. The molecule has 2 fully saturated rings. The zero-order valence-electron chi connectivity index (χ0n) is 13.6. The number of hydrogen-bond donors (Lipinski definition) is 0. The van der Waals surface area contributed by atoms with Gasteiger partial charge in [-0.15, -0.1) is 0 Å². The van der Waals surface area contributed by atoms with Crippen LogP contribution in [0.25, 0.3) is 0 Å². The van der Waals surface area contributed by atoms with Crippen LogP contribution in [-0.2, 0) is 23.1 Å². The first-order valence-corrected chi connectivity index (χ1v) is 8.13. The summed E-state index contributed by atoms with van der Waals surface area (Å²) < 4.78 is 7.25. The van der Waals surface area contributed by atoms with Gasteiger partial charge in [0.1, 0.15) is 5.82 Å². The first kappa shape index (κ1) is 15.5. The average Bonchev–Trinajstić information content (AvgIpc) is 3.05. The lowest BCUT2D eigenvalue weighted by molar-refractivity contribution is -0.133. The van der Waals surface area contributed by atoms with Gasteiger partial charge in [0, 0.05) is 58.1 Å². The Balaban J connectivity index is 1.60. The van der Waals surface area contributed by atoms with E-state index in [2.05, 4.69) is 19.4 Å². The molecular weight excluding hydrogens is 280 g/mol. The van der Waals surface area contributed by atoms with Crippen molar-refractivity contribution in [3.63, 3.8) is 0 Å². The van der Waals surface area contributed by atoms with Crippen LogP contribution in [0.2, 0.25) is 0 Å². The van der Waals surface area contributed by atoms with E-state index in [0.29, 0.717) is 18.9 Å². The third-order valence-electron chi connectivity index (χ3n) is 5.27. The fourth-order valence-electron chi connectivity index (χ4n) is 3.81. The monoisotopic (exact) mass is 306 g/mol. The Kier molecular flexibility index (Phi) is 4.49. The van der Waals surface area contributed by atoms with Gasteiger partial charge in [0.25, 0.3) is 0 Å². The Morgan fingerprint density at radius 1 is 1.32 bits per heavy atom. The number of hydrogen-bond acceptors (Lipinski definition) is 4. The third kappa shape index (κ3) is 2.90. The van der Waals surface area contributed by atoms with E-state index in [0.717, 1.165) is 51.3 Å². The molecule has 6 nitrogen and oxygen atoms in total. The van der Waals surface area contributed by atoms with Crippen LogP contribution in [0, 0.1) is 0 Å². The lowest BCUT2D eigenvalue weighted by Crippen LogP contribution is -2.53. The summed E-state index contributed by atoms with van der Waals surface area (Å²) in [4.78, 5) is 21.1. The van der Waals surface area contributed by atoms with Crippen LogP contribution in [-0.4, -0.2) is 64.1 Å². The molecule has 0 saturated carbocycles. The van der Waals surface area contributed by atoms with Gasteiger partial charge in [-0.2, -0.15) is 0 Å². The number of piperidine rings is 1. The highest BCUT2D eigenvalue weighted by Gasteiger charge is 2.46. The maximum absolute atomic E-state index is 12.2. The van der Waals surface area contributed by atoms with Crippen LogP contribution in [0.3, 0.4) is 0 Å². The molecule has 2 aliphatic rings. The molecule has 2 aliphatic heterocycles. The molecule has 1 aromatic heterocycles. The molecule has 6 heteroatoms. The fourth-order valence-corrected chi connectivity index (χ4v) is 3.81. The Morgan fingerprint density at radius 2 is 2.09 bits per heavy atom. The molecule has 2 saturated heterocycles. The Morgan fingerprint density at radius 3 is 2.73 bits per heavy atom. The number of ether oxygens (including phenoxy) is 1. The van der Waals surface area contributed by atoms with Crippen molar-refractivity contribution in [2.45, 2.75) is 37.8 Å². The van der Waals surface area contributed by atoms with Gasteiger partial charge in [0.2, 0.25) is 5.91 Å². The van der Waals surface area contributed by atoms with Gasteiger partial charge >= 0.3 is 0 Å². The highest BCUT2D eigenvalue weighted by molar-refractivity contribution is 5.79. The molecule has 0 unspecified atom stereocenters. The van der Waals surface area contributed by atoms with E-state index in [9.17, 15) is 4.79 Å². The lowest BCUT2D eigenvalue weighted by Gasteiger charge is -2.45.